The van der Waals surface area contributed by atoms with E-state index in [1.165, 1.54) is 25.3 Å². The Labute approximate surface area is 260 Å². The Morgan fingerprint density at radius 3 is 2.49 bits per heavy atom. The third-order valence-electron chi connectivity index (χ3n) is 9.50. The maximum absolute atomic E-state index is 13.1. The maximum Gasteiger partial charge on any atom is 0.415 e. The van der Waals surface area contributed by atoms with Crippen LogP contribution < -0.4 is 10.3 Å². The average Bonchev–Trinajstić information content (AvgIpc) is 3.06. The SMILES string of the molecule is CCc1c(C(=O)O)c(-c2cc3c(c(=O)[nH]2)COC(=O)[C@]3(O)CC)nc2ccc(OC(=O)N3CCC(N4CCCCC4)CC3)cc12. The molecule has 0 unspecified atom stereocenters. The predicted octanol–water partition coefficient (Wildman–Crippen LogP) is 3.95. The monoisotopic (exact) mass is 618 g/mol. The minimum atomic E-state index is -2.05. The molecule has 6 rings (SSSR count). The van der Waals surface area contributed by atoms with E-state index in [4.69, 9.17) is 9.47 Å². The Morgan fingerprint density at radius 1 is 1.09 bits per heavy atom. The number of carboxylic acid groups (broad SMARTS) is 1. The molecule has 12 nitrogen and oxygen atoms in total. The van der Waals surface area contributed by atoms with E-state index in [1.54, 1.807) is 36.9 Å². The first-order chi connectivity index (χ1) is 21.6. The minimum absolute atomic E-state index is 0.00883. The van der Waals surface area contributed by atoms with Crippen molar-refractivity contribution in [1.82, 2.24) is 19.8 Å². The lowest BCUT2D eigenvalue weighted by molar-refractivity contribution is -0.172. The molecule has 2 saturated heterocycles. The molecule has 3 aromatic rings. The molecule has 0 radical (unpaired) electrons. The summed E-state index contributed by atoms with van der Waals surface area (Å²) in [6.45, 7) is 6.57. The number of fused-ring (bicyclic) bond motifs is 2. The Kier molecular flexibility index (Phi) is 8.36. The van der Waals surface area contributed by atoms with Gasteiger partial charge in [0.05, 0.1) is 22.3 Å². The third kappa shape index (κ3) is 5.57. The number of aryl methyl sites for hydroxylation is 1. The van der Waals surface area contributed by atoms with Crippen LogP contribution in [0.15, 0.2) is 29.1 Å². The molecule has 1 amide bonds. The fraction of sp³-hybridized carbons (Fsp3) is 0.485. The number of nitrogens with zero attached hydrogens (tertiary/aromatic N) is 3. The van der Waals surface area contributed by atoms with E-state index in [2.05, 4.69) is 14.9 Å². The molecule has 1 aromatic carbocycles. The topological polar surface area (TPSA) is 162 Å². The predicted molar refractivity (Wildman–Crippen MR) is 164 cm³/mol. The first-order valence-electron chi connectivity index (χ1n) is 15.7. The molecule has 5 heterocycles. The highest BCUT2D eigenvalue weighted by Crippen LogP contribution is 2.37. The second kappa shape index (κ2) is 12.2. The summed E-state index contributed by atoms with van der Waals surface area (Å²) >= 11 is 0. The Morgan fingerprint density at radius 2 is 1.82 bits per heavy atom. The van der Waals surface area contributed by atoms with Gasteiger partial charge in [0.2, 0.25) is 0 Å². The number of benzene rings is 1. The van der Waals surface area contributed by atoms with E-state index in [-0.39, 0.29) is 46.9 Å². The van der Waals surface area contributed by atoms with Gasteiger partial charge in [0.25, 0.3) is 5.56 Å². The van der Waals surface area contributed by atoms with E-state index < -0.39 is 29.2 Å². The summed E-state index contributed by atoms with van der Waals surface area (Å²) in [4.78, 5) is 62.9. The largest absolute Gasteiger partial charge is 0.478 e. The van der Waals surface area contributed by atoms with E-state index in [1.807, 2.05) is 0 Å². The molecule has 45 heavy (non-hydrogen) atoms. The molecule has 0 spiro atoms. The minimum Gasteiger partial charge on any atom is -0.478 e. The van der Waals surface area contributed by atoms with Gasteiger partial charge in [0.15, 0.2) is 5.60 Å². The highest BCUT2D eigenvalue weighted by molar-refractivity contribution is 6.02. The van der Waals surface area contributed by atoms with Crippen LogP contribution in [-0.4, -0.2) is 80.2 Å². The summed E-state index contributed by atoms with van der Waals surface area (Å²) in [6.07, 6.45) is 5.37. The zero-order valence-electron chi connectivity index (χ0n) is 25.6. The molecule has 0 aliphatic carbocycles. The molecule has 1 atom stereocenters. The number of carbonyl (C=O) groups excluding carboxylic acids is 2. The van der Waals surface area contributed by atoms with Crippen LogP contribution >= 0.6 is 0 Å². The number of rotatable bonds is 6. The number of carbonyl (C=O) groups is 3. The highest BCUT2D eigenvalue weighted by Gasteiger charge is 2.44. The van der Waals surface area contributed by atoms with Gasteiger partial charge < -0.3 is 34.5 Å². The van der Waals surface area contributed by atoms with Gasteiger partial charge in [0.1, 0.15) is 18.1 Å². The van der Waals surface area contributed by atoms with Crippen molar-refractivity contribution >= 4 is 28.9 Å². The van der Waals surface area contributed by atoms with Crippen LogP contribution in [0.4, 0.5) is 4.79 Å². The molecule has 238 valence electrons. The van der Waals surface area contributed by atoms with Crippen molar-refractivity contribution in [2.45, 2.75) is 77.0 Å². The molecule has 3 aliphatic heterocycles. The molecule has 12 heteroatoms. The van der Waals surface area contributed by atoms with Gasteiger partial charge in [-0.25, -0.2) is 19.4 Å². The van der Waals surface area contributed by atoms with Crippen molar-refractivity contribution in [2.75, 3.05) is 26.2 Å². The Bertz CT molecular complexity index is 1720. The number of pyridine rings is 2. The summed E-state index contributed by atoms with van der Waals surface area (Å²) in [5.74, 6) is -1.86. The lowest BCUT2D eigenvalue weighted by atomic mass is 9.85. The van der Waals surface area contributed by atoms with Crippen LogP contribution in [-0.2, 0) is 28.2 Å². The van der Waals surface area contributed by atoms with Gasteiger partial charge in [-0.15, -0.1) is 0 Å². The van der Waals surface area contributed by atoms with Crippen LogP contribution in [0.3, 0.4) is 0 Å². The number of ether oxygens (including phenoxy) is 2. The number of aromatic amines is 1. The Hall–Kier alpha value is -4.29. The number of carboxylic acids is 1. The smallest absolute Gasteiger partial charge is 0.415 e. The van der Waals surface area contributed by atoms with E-state index >= 15 is 0 Å². The summed E-state index contributed by atoms with van der Waals surface area (Å²) in [5, 5.41) is 22.0. The van der Waals surface area contributed by atoms with Gasteiger partial charge in [0, 0.05) is 30.1 Å². The molecular weight excluding hydrogens is 580 g/mol. The molecule has 2 aromatic heterocycles. The van der Waals surface area contributed by atoms with Crippen molar-refractivity contribution in [3.05, 3.63) is 56.9 Å². The second-order valence-corrected chi connectivity index (χ2v) is 12.0. The van der Waals surface area contributed by atoms with Crippen molar-refractivity contribution in [3.8, 4) is 17.1 Å². The average molecular weight is 619 g/mol. The van der Waals surface area contributed by atoms with Crippen molar-refractivity contribution in [2.24, 2.45) is 0 Å². The highest BCUT2D eigenvalue weighted by atomic mass is 16.6. The fourth-order valence-corrected chi connectivity index (χ4v) is 6.96. The Balaban J connectivity index is 1.31. The molecular formula is C33H38N4O8. The number of hydrogen-bond acceptors (Lipinski definition) is 9. The number of hydrogen-bond donors (Lipinski definition) is 3. The van der Waals surface area contributed by atoms with E-state index in [0.29, 0.717) is 42.0 Å². The number of cyclic esters (lactones) is 1. The zero-order chi connectivity index (χ0) is 31.9. The van der Waals surface area contributed by atoms with Crippen LogP contribution in [0.2, 0.25) is 0 Å². The van der Waals surface area contributed by atoms with E-state index in [0.717, 1.165) is 25.9 Å². The number of H-pyrrole nitrogens is 1. The summed E-state index contributed by atoms with van der Waals surface area (Å²) in [5.41, 5.74) is -1.72. The van der Waals surface area contributed by atoms with Crippen molar-refractivity contribution in [1.29, 1.82) is 0 Å². The van der Waals surface area contributed by atoms with Gasteiger partial charge >= 0.3 is 18.0 Å². The molecule has 3 aliphatic rings. The van der Waals surface area contributed by atoms with Gasteiger partial charge in [-0.05, 0) is 81.4 Å². The van der Waals surface area contributed by atoms with Crippen molar-refractivity contribution in [3.63, 3.8) is 0 Å². The standard InChI is InChI=1S/C33H38N4O8/c1-3-21-22-16-20(45-32(42)37-14-10-19(11-15-37)36-12-6-5-7-13-36)8-9-25(22)34-28(27(21)30(39)40)26-17-24-23(29(38)35-26)18-44-31(41)33(24,43)4-2/h8-9,16-17,19,43H,3-7,10-15,18H2,1-2H3,(H,35,38)(H,39,40)/t33-/m0/s1. The maximum atomic E-state index is 13.1. The number of likely N-dealkylation sites (tertiary alicyclic amines) is 2. The number of amides is 1. The molecule has 0 saturated carbocycles. The molecule has 2 fully saturated rings. The normalized spacial score (nSPS) is 21.0. The lowest BCUT2D eigenvalue weighted by Crippen LogP contribution is -2.48. The van der Waals surface area contributed by atoms with Crippen LogP contribution in [0.5, 0.6) is 5.75 Å². The number of nitrogens with one attached hydrogen (secondary N) is 1. The summed E-state index contributed by atoms with van der Waals surface area (Å²) in [6, 6.07) is 6.78. The second-order valence-electron chi connectivity index (χ2n) is 12.0. The third-order valence-corrected chi connectivity index (χ3v) is 9.50. The fourth-order valence-electron chi connectivity index (χ4n) is 6.96. The van der Waals surface area contributed by atoms with Gasteiger partial charge in [-0.1, -0.05) is 20.3 Å². The molecule has 0 bridgehead atoms. The first-order valence-corrected chi connectivity index (χ1v) is 15.7. The number of aromatic nitrogens is 2. The van der Waals surface area contributed by atoms with Crippen LogP contribution in [0.1, 0.15) is 79.4 Å². The van der Waals surface area contributed by atoms with Crippen LogP contribution in [0, 0.1) is 0 Å². The van der Waals surface area contributed by atoms with Crippen LogP contribution in [0.25, 0.3) is 22.3 Å². The molecule has 3 N–H and O–H groups in total. The van der Waals surface area contributed by atoms with Gasteiger partial charge in [-0.3, -0.25) is 4.79 Å². The number of aromatic carboxylic acids is 1. The quantitative estimate of drug-likeness (QED) is 0.345. The summed E-state index contributed by atoms with van der Waals surface area (Å²) in [7, 11) is 0. The lowest BCUT2D eigenvalue weighted by Gasteiger charge is -2.39. The zero-order valence-corrected chi connectivity index (χ0v) is 25.6. The number of piperidine rings is 2. The number of esters is 1. The number of aliphatic hydroxyl groups is 1. The van der Waals surface area contributed by atoms with Gasteiger partial charge in [-0.2, -0.15) is 0 Å². The van der Waals surface area contributed by atoms with Crippen molar-refractivity contribution < 1.29 is 34.1 Å². The first kappa shape index (κ1) is 30.7. The van der Waals surface area contributed by atoms with E-state index in [9.17, 15) is 29.4 Å². The summed E-state index contributed by atoms with van der Waals surface area (Å²) < 4.78 is 10.8.